The summed E-state index contributed by atoms with van der Waals surface area (Å²) in [5, 5.41) is 11.0. The van der Waals surface area contributed by atoms with Gasteiger partial charge in [-0.25, -0.2) is 4.63 Å². The Morgan fingerprint density at radius 3 is 2.67 bits per heavy atom. The van der Waals surface area contributed by atoms with Gasteiger partial charge in [0.1, 0.15) is 23.7 Å². The van der Waals surface area contributed by atoms with Gasteiger partial charge in [0, 0.05) is 17.6 Å². The molecular weight excluding hydrogens is 334 g/mol. The molecule has 0 radical (unpaired) electrons. The van der Waals surface area contributed by atoms with Gasteiger partial charge in [-0.1, -0.05) is 22.4 Å². The average Bonchev–Trinajstić information content (AvgIpc) is 2.80. The van der Waals surface area contributed by atoms with E-state index in [1.54, 1.807) is 0 Å². The minimum absolute atomic E-state index is 0.0478. The van der Waals surface area contributed by atoms with Crippen molar-refractivity contribution >= 4 is 15.9 Å². The van der Waals surface area contributed by atoms with E-state index in [1.807, 2.05) is 25.1 Å². The summed E-state index contributed by atoms with van der Waals surface area (Å²) in [4.78, 5) is 0. The highest BCUT2D eigenvalue weighted by atomic mass is 79.9. The maximum Gasteiger partial charge on any atom is 0.145 e. The fourth-order valence-corrected chi connectivity index (χ4v) is 2.26. The molecule has 2 aromatic rings. The van der Waals surface area contributed by atoms with Crippen molar-refractivity contribution in [1.82, 2.24) is 15.6 Å². The van der Waals surface area contributed by atoms with Crippen LogP contribution in [0.2, 0.25) is 0 Å². The SMILES string of the molecule is Cc1nonc1COc1c(Br)cccc1CNC(C)(C)C. The molecule has 1 N–H and O–H groups in total. The minimum Gasteiger partial charge on any atom is -0.486 e. The number of hydrogen-bond donors (Lipinski definition) is 1. The third-order valence-corrected chi connectivity index (χ3v) is 3.58. The number of ether oxygens (including phenoxy) is 1. The second-order valence-electron chi connectivity index (χ2n) is 5.92. The van der Waals surface area contributed by atoms with Crippen LogP contribution in [0, 0.1) is 6.92 Å². The van der Waals surface area contributed by atoms with Crippen molar-refractivity contribution in [1.29, 1.82) is 0 Å². The summed E-state index contributed by atoms with van der Waals surface area (Å²) >= 11 is 3.54. The Labute approximate surface area is 133 Å². The first-order valence-electron chi connectivity index (χ1n) is 6.80. The van der Waals surface area contributed by atoms with Crippen molar-refractivity contribution in [2.24, 2.45) is 0 Å². The quantitative estimate of drug-likeness (QED) is 0.889. The molecule has 0 bridgehead atoms. The smallest absolute Gasteiger partial charge is 0.145 e. The molecule has 0 aliphatic heterocycles. The first-order chi connectivity index (χ1) is 9.87. The summed E-state index contributed by atoms with van der Waals surface area (Å²) in [6.45, 7) is 9.31. The number of halogens is 1. The van der Waals surface area contributed by atoms with Crippen LogP contribution in [0.1, 0.15) is 37.7 Å². The average molecular weight is 354 g/mol. The summed E-state index contributed by atoms with van der Waals surface area (Å²) in [5.74, 6) is 0.816. The lowest BCUT2D eigenvalue weighted by atomic mass is 10.1. The van der Waals surface area contributed by atoms with Crippen LogP contribution < -0.4 is 10.1 Å². The predicted octanol–water partition coefficient (Wildman–Crippen LogP) is 3.61. The zero-order chi connectivity index (χ0) is 15.5. The molecular formula is C15H20BrN3O2. The number of nitrogens with one attached hydrogen (secondary N) is 1. The van der Waals surface area contributed by atoms with Crippen LogP contribution in [-0.2, 0) is 13.2 Å². The lowest BCUT2D eigenvalue weighted by Gasteiger charge is -2.22. The number of aromatic nitrogens is 2. The molecule has 0 amide bonds. The highest BCUT2D eigenvalue weighted by molar-refractivity contribution is 9.10. The van der Waals surface area contributed by atoms with Gasteiger partial charge in [-0.3, -0.25) is 0 Å². The molecule has 1 aromatic carbocycles. The van der Waals surface area contributed by atoms with E-state index in [1.165, 1.54) is 0 Å². The molecule has 0 fully saturated rings. The van der Waals surface area contributed by atoms with Crippen LogP contribution in [0.25, 0.3) is 0 Å². The van der Waals surface area contributed by atoms with Gasteiger partial charge in [-0.2, -0.15) is 0 Å². The van der Waals surface area contributed by atoms with Crippen molar-refractivity contribution in [3.8, 4) is 5.75 Å². The van der Waals surface area contributed by atoms with E-state index in [9.17, 15) is 0 Å². The van der Waals surface area contributed by atoms with Gasteiger partial charge < -0.3 is 10.1 Å². The molecule has 2 rings (SSSR count). The summed E-state index contributed by atoms with van der Waals surface area (Å²) in [6.07, 6.45) is 0. The van der Waals surface area contributed by atoms with Gasteiger partial charge >= 0.3 is 0 Å². The first kappa shape index (κ1) is 16.0. The monoisotopic (exact) mass is 353 g/mol. The maximum atomic E-state index is 5.91. The van der Waals surface area contributed by atoms with Crippen LogP contribution in [0.15, 0.2) is 27.3 Å². The van der Waals surface area contributed by atoms with E-state index in [0.717, 1.165) is 28.0 Å². The Morgan fingerprint density at radius 1 is 1.29 bits per heavy atom. The predicted molar refractivity (Wildman–Crippen MR) is 84.1 cm³/mol. The third-order valence-electron chi connectivity index (χ3n) is 2.96. The second-order valence-corrected chi connectivity index (χ2v) is 6.77. The lowest BCUT2D eigenvalue weighted by Crippen LogP contribution is -2.35. The molecule has 0 saturated carbocycles. The molecule has 0 spiro atoms. The number of hydrogen-bond acceptors (Lipinski definition) is 5. The molecule has 5 nitrogen and oxygen atoms in total. The molecule has 6 heteroatoms. The van der Waals surface area contributed by atoms with E-state index >= 15 is 0 Å². The van der Waals surface area contributed by atoms with Crippen LogP contribution >= 0.6 is 15.9 Å². The van der Waals surface area contributed by atoms with Crippen LogP contribution in [0.4, 0.5) is 0 Å². The van der Waals surface area contributed by atoms with E-state index in [-0.39, 0.29) is 5.54 Å². The first-order valence-corrected chi connectivity index (χ1v) is 7.59. The summed E-state index contributed by atoms with van der Waals surface area (Å²) < 4.78 is 11.5. The number of rotatable bonds is 5. The highest BCUT2D eigenvalue weighted by Gasteiger charge is 2.14. The zero-order valence-corrected chi connectivity index (χ0v) is 14.3. The number of nitrogens with zero attached hydrogens (tertiary/aromatic N) is 2. The second kappa shape index (κ2) is 6.58. The summed E-state index contributed by atoms with van der Waals surface area (Å²) in [6, 6.07) is 6.01. The van der Waals surface area contributed by atoms with Gasteiger partial charge in [-0.05, 0) is 49.7 Å². The van der Waals surface area contributed by atoms with Crippen molar-refractivity contribution < 1.29 is 9.37 Å². The Kier molecular flexibility index (Phi) is 5.00. The highest BCUT2D eigenvalue weighted by Crippen LogP contribution is 2.30. The fourth-order valence-electron chi connectivity index (χ4n) is 1.74. The normalized spacial score (nSPS) is 11.7. The van der Waals surface area contributed by atoms with E-state index in [2.05, 4.69) is 57.0 Å². The van der Waals surface area contributed by atoms with Crippen molar-refractivity contribution in [2.45, 2.75) is 46.4 Å². The van der Waals surface area contributed by atoms with Gasteiger partial charge in [0.15, 0.2) is 0 Å². The molecule has 0 aliphatic carbocycles. The summed E-state index contributed by atoms with van der Waals surface area (Å²) in [7, 11) is 0. The lowest BCUT2D eigenvalue weighted by molar-refractivity contribution is 0.266. The molecule has 21 heavy (non-hydrogen) atoms. The molecule has 114 valence electrons. The molecule has 1 aromatic heterocycles. The molecule has 0 unspecified atom stereocenters. The topological polar surface area (TPSA) is 60.2 Å². The molecule has 0 saturated heterocycles. The standard InChI is InChI=1S/C15H20BrN3O2/c1-10-13(19-21-18-10)9-20-14-11(6-5-7-12(14)16)8-17-15(2,3)4/h5-7,17H,8-9H2,1-4H3. The Bertz CT molecular complexity index is 605. The van der Waals surface area contributed by atoms with Crippen molar-refractivity contribution in [3.63, 3.8) is 0 Å². The Morgan fingerprint density at radius 2 is 2.05 bits per heavy atom. The largest absolute Gasteiger partial charge is 0.486 e. The van der Waals surface area contributed by atoms with Gasteiger partial charge in [0.25, 0.3) is 0 Å². The van der Waals surface area contributed by atoms with E-state index in [4.69, 9.17) is 4.74 Å². The van der Waals surface area contributed by atoms with Gasteiger partial charge in [-0.15, -0.1) is 0 Å². The van der Waals surface area contributed by atoms with Gasteiger partial charge in [0.05, 0.1) is 4.47 Å². The maximum absolute atomic E-state index is 5.91. The van der Waals surface area contributed by atoms with Crippen LogP contribution in [0.5, 0.6) is 5.75 Å². The van der Waals surface area contributed by atoms with Crippen LogP contribution in [-0.4, -0.2) is 15.9 Å². The molecule has 0 aliphatic rings. The fraction of sp³-hybridized carbons (Fsp3) is 0.467. The Balaban J connectivity index is 2.12. The zero-order valence-electron chi connectivity index (χ0n) is 12.7. The summed E-state index contributed by atoms with van der Waals surface area (Å²) in [5.41, 5.74) is 2.59. The van der Waals surface area contributed by atoms with E-state index < -0.39 is 0 Å². The minimum atomic E-state index is 0.0478. The third kappa shape index (κ3) is 4.54. The number of para-hydroxylation sites is 1. The number of benzene rings is 1. The number of aryl methyl sites for hydroxylation is 1. The Hall–Kier alpha value is -1.40. The van der Waals surface area contributed by atoms with Gasteiger partial charge in [0.2, 0.25) is 0 Å². The van der Waals surface area contributed by atoms with E-state index in [0.29, 0.717) is 12.3 Å². The molecule has 1 heterocycles. The van der Waals surface area contributed by atoms with Crippen LogP contribution in [0.3, 0.4) is 0 Å². The van der Waals surface area contributed by atoms with Crippen molar-refractivity contribution in [2.75, 3.05) is 0 Å². The van der Waals surface area contributed by atoms with Crippen molar-refractivity contribution in [3.05, 3.63) is 39.6 Å². The molecule has 0 atom stereocenters.